The number of aromatic hydroxyl groups is 1. The van der Waals surface area contributed by atoms with Gasteiger partial charge in [0, 0.05) is 12.0 Å². The molecule has 1 aromatic rings. The first-order valence-electron chi connectivity index (χ1n) is 5.69. The summed E-state index contributed by atoms with van der Waals surface area (Å²) < 4.78 is 0. The van der Waals surface area contributed by atoms with E-state index < -0.39 is 12.2 Å². The molecule has 1 aliphatic rings. The Bertz CT molecular complexity index is 477. The molecule has 3 N–H and O–H groups in total. The van der Waals surface area contributed by atoms with Crippen molar-refractivity contribution in [1.29, 1.82) is 0 Å². The summed E-state index contributed by atoms with van der Waals surface area (Å²) in [5.41, 5.74) is 1.70. The standard InChI is InChI=1S/C13H16O4/c1-6-5-8-9(15)3-4-10(16)12(8)13(17)11(6)7(2)14/h5,7,9,14-15,17H,3-4H2,1-2H3. The van der Waals surface area contributed by atoms with Crippen LogP contribution in [0, 0.1) is 6.92 Å². The lowest BCUT2D eigenvalue weighted by molar-refractivity contribution is 0.0891. The van der Waals surface area contributed by atoms with Crippen LogP contribution in [0.15, 0.2) is 6.07 Å². The fraction of sp³-hybridized carbons (Fsp3) is 0.462. The minimum Gasteiger partial charge on any atom is -0.507 e. The van der Waals surface area contributed by atoms with Gasteiger partial charge in [0.15, 0.2) is 5.78 Å². The van der Waals surface area contributed by atoms with Crippen LogP contribution in [0.4, 0.5) is 0 Å². The number of carbonyl (C=O) groups is 1. The second-order valence-electron chi connectivity index (χ2n) is 4.57. The van der Waals surface area contributed by atoms with E-state index >= 15 is 0 Å². The maximum Gasteiger partial charge on any atom is 0.167 e. The monoisotopic (exact) mass is 236 g/mol. The molecule has 0 radical (unpaired) electrons. The van der Waals surface area contributed by atoms with E-state index in [-0.39, 0.29) is 23.5 Å². The van der Waals surface area contributed by atoms with E-state index in [0.29, 0.717) is 23.1 Å². The average molecular weight is 236 g/mol. The molecule has 0 saturated heterocycles. The third-order valence-corrected chi connectivity index (χ3v) is 3.28. The summed E-state index contributed by atoms with van der Waals surface area (Å²) in [7, 11) is 0. The fourth-order valence-electron chi connectivity index (χ4n) is 2.47. The van der Waals surface area contributed by atoms with E-state index in [1.165, 1.54) is 6.92 Å². The van der Waals surface area contributed by atoms with E-state index in [1.54, 1.807) is 13.0 Å². The van der Waals surface area contributed by atoms with Crippen molar-refractivity contribution < 1.29 is 20.1 Å². The number of hydrogen-bond donors (Lipinski definition) is 3. The molecule has 0 bridgehead atoms. The van der Waals surface area contributed by atoms with Crippen LogP contribution in [0.25, 0.3) is 0 Å². The van der Waals surface area contributed by atoms with Gasteiger partial charge in [0.05, 0.1) is 17.8 Å². The number of phenolic OH excluding ortho intramolecular Hbond substituents is 1. The first-order chi connectivity index (χ1) is 7.93. The Balaban J connectivity index is 2.72. The smallest absolute Gasteiger partial charge is 0.167 e. The molecule has 1 aromatic carbocycles. The van der Waals surface area contributed by atoms with Crippen molar-refractivity contribution >= 4 is 5.78 Å². The Labute approximate surface area is 99.5 Å². The lowest BCUT2D eigenvalue weighted by Gasteiger charge is -2.24. The Hall–Kier alpha value is -1.39. The molecule has 0 aliphatic heterocycles. The number of fused-ring (bicyclic) bond motifs is 1. The van der Waals surface area contributed by atoms with E-state index in [4.69, 9.17) is 0 Å². The molecular formula is C13H16O4. The second-order valence-corrected chi connectivity index (χ2v) is 4.57. The Morgan fingerprint density at radius 1 is 1.47 bits per heavy atom. The van der Waals surface area contributed by atoms with Crippen molar-refractivity contribution in [1.82, 2.24) is 0 Å². The molecular weight excluding hydrogens is 220 g/mol. The number of benzene rings is 1. The van der Waals surface area contributed by atoms with E-state index in [1.807, 2.05) is 0 Å². The van der Waals surface area contributed by atoms with Crippen molar-refractivity contribution in [3.8, 4) is 5.75 Å². The van der Waals surface area contributed by atoms with E-state index in [9.17, 15) is 20.1 Å². The lowest BCUT2D eigenvalue weighted by Crippen LogP contribution is -2.17. The predicted molar refractivity (Wildman–Crippen MR) is 62.0 cm³/mol. The van der Waals surface area contributed by atoms with Gasteiger partial charge in [0.25, 0.3) is 0 Å². The van der Waals surface area contributed by atoms with Gasteiger partial charge in [-0.25, -0.2) is 0 Å². The highest BCUT2D eigenvalue weighted by Crippen LogP contribution is 2.40. The Kier molecular flexibility index (Phi) is 2.93. The van der Waals surface area contributed by atoms with Crippen LogP contribution >= 0.6 is 0 Å². The highest BCUT2D eigenvalue weighted by molar-refractivity contribution is 6.01. The zero-order valence-electron chi connectivity index (χ0n) is 9.90. The van der Waals surface area contributed by atoms with Crippen LogP contribution < -0.4 is 0 Å². The Morgan fingerprint density at radius 2 is 2.12 bits per heavy atom. The summed E-state index contributed by atoms with van der Waals surface area (Å²) >= 11 is 0. The van der Waals surface area contributed by atoms with E-state index in [2.05, 4.69) is 0 Å². The van der Waals surface area contributed by atoms with Crippen molar-refractivity contribution in [3.05, 3.63) is 28.3 Å². The third kappa shape index (κ3) is 1.83. The van der Waals surface area contributed by atoms with Crippen LogP contribution in [0.2, 0.25) is 0 Å². The normalized spacial score (nSPS) is 21.2. The number of rotatable bonds is 1. The summed E-state index contributed by atoms with van der Waals surface area (Å²) in [6.07, 6.45) is -0.939. The number of phenols is 1. The largest absolute Gasteiger partial charge is 0.507 e. The quantitative estimate of drug-likeness (QED) is 0.694. The molecule has 0 heterocycles. The molecule has 2 rings (SSSR count). The second kappa shape index (κ2) is 4.13. The third-order valence-electron chi connectivity index (χ3n) is 3.28. The highest BCUT2D eigenvalue weighted by Gasteiger charge is 2.30. The van der Waals surface area contributed by atoms with Crippen LogP contribution in [0.3, 0.4) is 0 Å². The number of aliphatic hydroxyl groups is 2. The number of hydrogen-bond acceptors (Lipinski definition) is 4. The molecule has 92 valence electrons. The number of aliphatic hydroxyl groups excluding tert-OH is 2. The molecule has 2 atom stereocenters. The van der Waals surface area contributed by atoms with E-state index in [0.717, 1.165) is 0 Å². The maximum absolute atomic E-state index is 11.8. The Morgan fingerprint density at radius 3 is 2.71 bits per heavy atom. The summed E-state index contributed by atoms with van der Waals surface area (Å²) in [5, 5.41) is 29.5. The maximum atomic E-state index is 11.8. The summed E-state index contributed by atoms with van der Waals surface area (Å²) in [5.74, 6) is -0.358. The molecule has 4 heteroatoms. The highest BCUT2D eigenvalue weighted by atomic mass is 16.3. The minimum absolute atomic E-state index is 0.172. The summed E-state index contributed by atoms with van der Waals surface area (Å²) in [6.45, 7) is 3.28. The van der Waals surface area contributed by atoms with Gasteiger partial charge in [-0.3, -0.25) is 4.79 Å². The van der Waals surface area contributed by atoms with Crippen molar-refractivity contribution in [3.63, 3.8) is 0 Å². The fourth-order valence-corrected chi connectivity index (χ4v) is 2.47. The van der Waals surface area contributed by atoms with Crippen LogP contribution in [-0.2, 0) is 0 Å². The average Bonchev–Trinajstić information content (AvgIpc) is 2.22. The molecule has 0 saturated carbocycles. The number of Topliss-reactive ketones (excluding diaryl/α,β-unsaturated/α-hetero) is 1. The van der Waals surface area contributed by atoms with Crippen LogP contribution in [0.5, 0.6) is 5.75 Å². The topological polar surface area (TPSA) is 77.8 Å². The molecule has 0 spiro atoms. The molecule has 2 unspecified atom stereocenters. The number of aryl methyl sites for hydroxylation is 1. The molecule has 0 aromatic heterocycles. The summed E-state index contributed by atoms with van der Waals surface area (Å²) in [6, 6.07) is 1.68. The summed E-state index contributed by atoms with van der Waals surface area (Å²) in [4.78, 5) is 11.8. The molecule has 0 fully saturated rings. The SMILES string of the molecule is Cc1cc2c(c(O)c1C(C)O)C(=O)CCC2O. The molecule has 4 nitrogen and oxygen atoms in total. The van der Waals surface area contributed by atoms with Crippen LogP contribution in [-0.4, -0.2) is 21.1 Å². The minimum atomic E-state index is -0.841. The van der Waals surface area contributed by atoms with Gasteiger partial charge >= 0.3 is 0 Å². The molecule has 1 aliphatic carbocycles. The van der Waals surface area contributed by atoms with Crippen molar-refractivity contribution in [2.45, 2.75) is 38.9 Å². The first-order valence-corrected chi connectivity index (χ1v) is 5.69. The van der Waals surface area contributed by atoms with Gasteiger partial charge in [-0.15, -0.1) is 0 Å². The number of carbonyl (C=O) groups excluding carboxylic acids is 1. The molecule has 0 amide bonds. The van der Waals surface area contributed by atoms with Gasteiger partial charge < -0.3 is 15.3 Å². The zero-order valence-corrected chi connectivity index (χ0v) is 9.90. The van der Waals surface area contributed by atoms with Gasteiger partial charge in [-0.2, -0.15) is 0 Å². The van der Waals surface area contributed by atoms with Crippen LogP contribution in [0.1, 0.15) is 59.0 Å². The van der Waals surface area contributed by atoms with Gasteiger partial charge in [-0.05, 0) is 31.4 Å². The van der Waals surface area contributed by atoms with Gasteiger partial charge in [0.1, 0.15) is 5.75 Å². The van der Waals surface area contributed by atoms with Crippen molar-refractivity contribution in [2.24, 2.45) is 0 Å². The lowest BCUT2D eigenvalue weighted by atomic mass is 9.84. The van der Waals surface area contributed by atoms with Gasteiger partial charge in [0.2, 0.25) is 0 Å². The predicted octanol–water partition coefficient (Wildman–Crippen LogP) is 1.76. The zero-order chi connectivity index (χ0) is 12.7. The number of ketones is 1. The van der Waals surface area contributed by atoms with Crippen molar-refractivity contribution in [2.75, 3.05) is 0 Å². The molecule has 17 heavy (non-hydrogen) atoms. The van der Waals surface area contributed by atoms with Gasteiger partial charge in [-0.1, -0.05) is 6.07 Å². The first kappa shape index (κ1) is 12.1.